The number of ketones is 1. The van der Waals surface area contributed by atoms with Crippen molar-refractivity contribution in [2.75, 3.05) is 18.6 Å². The Bertz CT molecular complexity index is 919. The molecule has 0 spiro atoms. The third-order valence-corrected chi connectivity index (χ3v) is 5.15. The zero-order chi connectivity index (χ0) is 17.8. The molecular weight excluding hydrogens is 316 g/mol. The van der Waals surface area contributed by atoms with Gasteiger partial charge in [-0.1, -0.05) is 6.07 Å². The Labute approximate surface area is 146 Å². The monoisotopic (exact) mass is 336 g/mol. The first kappa shape index (κ1) is 15.8. The Morgan fingerprint density at radius 3 is 2.72 bits per heavy atom. The van der Waals surface area contributed by atoms with Crippen LogP contribution in [0.5, 0.6) is 5.75 Å². The van der Waals surface area contributed by atoms with Crippen LogP contribution < -0.4 is 9.64 Å². The van der Waals surface area contributed by atoms with E-state index in [1.807, 2.05) is 55.1 Å². The number of ether oxygens (including phenoxy) is 1. The number of Topliss-reactive ketones (excluding diaryl/α,β-unsaturated/α-hetero) is 1. The quantitative estimate of drug-likeness (QED) is 0.915. The number of aliphatic hydroxyl groups is 1. The second kappa shape index (κ2) is 5.43. The molecule has 25 heavy (non-hydrogen) atoms. The summed E-state index contributed by atoms with van der Waals surface area (Å²) >= 11 is 0. The molecule has 2 aliphatic heterocycles. The van der Waals surface area contributed by atoms with Crippen molar-refractivity contribution >= 4 is 23.0 Å². The Hall–Kier alpha value is -2.66. The number of benzene rings is 2. The Balaban J connectivity index is 1.86. The maximum absolute atomic E-state index is 13.0. The van der Waals surface area contributed by atoms with E-state index >= 15 is 0 Å². The molecule has 2 aromatic rings. The zero-order valence-corrected chi connectivity index (χ0v) is 14.5. The standard InChI is InChI=1S/C20H20N2O3/c1-12-9-16-17(10-13(12)2)21-19-20(24,18(16)23)7-8-22(19)14-5-4-6-15(11-14)25-3/h4-6,9-11,24H,7-8H2,1-3H3. The average molecular weight is 336 g/mol. The highest BCUT2D eigenvalue weighted by molar-refractivity contribution is 6.28. The number of amidine groups is 1. The first-order valence-corrected chi connectivity index (χ1v) is 8.33. The summed E-state index contributed by atoms with van der Waals surface area (Å²) in [5.41, 5.74) is 2.53. The zero-order valence-electron chi connectivity index (χ0n) is 14.5. The van der Waals surface area contributed by atoms with Crippen molar-refractivity contribution in [3.8, 4) is 5.75 Å². The summed E-state index contributed by atoms with van der Waals surface area (Å²) in [5.74, 6) is 0.866. The SMILES string of the molecule is COc1cccc(N2CCC3(O)C(=O)c4cc(C)c(C)cc4N=C23)c1. The second-order valence-corrected chi connectivity index (χ2v) is 6.68. The number of carbonyl (C=O) groups is 1. The Kier molecular flexibility index (Phi) is 3.44. The van der Waals surface area contributed by atoms with Gasteiger partial charge in [0.2, 0.25) is 5.78 Å². The predicted octanol–water partition coefficient (Wildman–Crippen LogP) is 3.18. The number of aryl methyl sites for hydroxylation is 2. The van der Waals surface area contributed by atoms with Gasteiger partial charge in [-0.25, -0.2) is 4.99 Å². The number of aliphatic imine (C=N–C) groups is 1. The first-order valence-electron chi connectivity index (χ1n) is 8.33. The predicted molar refractivity (Wildman–Crippen MR) is 97.2 cm³/mol. The van der Waals surface area contributed by atoms with Crippen LogP contribution in [0.4, 0.5) is 11.4 Å². The van der Waals surface area contributed by atoms with E-state index in [4.69, 9.17) is 4.74 Å². The third-order valence-electron chi connectivity index (χ3n) is 5.15. The lowest BCUT2D eigenvalue weighted by Gasteiger charge is -2.30. The molecule has 0 amide bonds. The van der Waals surface area contributed by atoms with Crippen molar-refractivity contribution in [2.24, 2.45) is 4.99 Å². The number of carbonyl (C=O) groups excluding carboxylic acids is 1. The molecule has 0 aliphatic carbocycles. The first-order chi connectivity index (χ1) is 11.9. The van der Waals surface area contributed by atoms with Crippen LogP contribution in [-0.2, 0) is 0 Å². The van der Waals surface area contributed by atoms with E-state index in [0.29, 0.717) is 30.1 Å². The molecule has 2 heterocycles. The number of methoxy groups -OCH3 is 1. The van der Waals surface area contributed by atoms with Crippen LogP contribution in [0.25, 0.3) is 0 Å². The number of hydrogen-bond donors (Lipinski definition) is 1. The van der Waals surface area contributed by atoms with Crippen LogP contribution in [0.15, 0.2) is 41.4 Å². The van der Waals surface area contributed by atoms with Crippen molar-refractivity contribution in [1.82, 2.24) is 0 Å². The van der Waals surface area contributed by atoms with Crippen LogP contribution in [0.3, 0.4) is 0 Å². The van der Waals surface area contributed by atoms with Crippen LogP contribution in [0, 0.1) is 13.8 Å². The molecule has 1 atom stereocenters. The highest BCUT2D eigenvalue weighted by Gasteiger charge is 2.52. The van der Waals surface area contributed by atoms with Gasteiger partial charge in [0.25, 0.3) is 0 Å². The van der Waals surface area contributed by atoms with E-state index in [1.165, 1.54) is 0 Å². The molecule has 5 heteroatoms. The lowest BCUT2D eigenvalue weighted by atomic mass is 9.86. The average Bonchev–Trinajstić information content (AvgIpc) is 2.95. The molecule has 1 unspecified atom stereocenters. The van der Waals surface area contributed by atoms with Gasteiger partial charge in [-0.05, 0) is 49.2 Å². The second-order valence-electron chi connectivity index (χ2n) is 6.68. The Morgan fingerprint density at radius 2 is 1.96 bits per heavy atom. The molecule has 0 aromatic heterocycles. The van der Waals surface area contributed by atoms with Gasteiger partial charge in [0.15, 0.2) is 5.60 Å². The third kappa shape index (κ3) is 2.27. The van der Waals surface area contributed by atoms with E-state index in [9.17, 15) is 9.90 Å². The van der Waals surface area contributed by atoms with Crippen LogP contribution in [0.1, 0.15) is 27.9 Å². The summed E-state index contributed by atoms with van der Waals surface area (Å²) in [5, 5.41) is 11.1. The topological polar surface area (TPSA) is 62.1 Å². The number of fused-ring (bicyclic) bond motifs is 2. The van der Waals surface area contributed by atoms with Gasteiger partial charge in [-0.15, -0.1) is 0 Å². The molecule has 0 radical (unpaired) electrons. The molecule has 1 fully saturated rings. The highest BCUT2D eigenvalue weighted by atomic mass is 16.5. The van der Waals surface area contributed by atoms with Crippen LogP contribution in [-0.4, -0.2) is 36.0 Å². The number of anilines is 1. The molecule has 128 valence electrons. The summed E-state index contributed by atoms with van der Waals surface area (Å²) < 4.78 is 5.29. The maximum Gasteiger partial charge on any atom is 0.204 e. The van der Waals surface area contributed by atoms with E-state index in [2.05, 4.69) is 4.99 Å². The fraction of sp³-hybridized carbons (Fsp3) is 0.300. The molecule has 4 rings (SSSR count). The smallest absolute Gasteiger partial charge is 0.204 e. The number of rotatable bonds is 2. The Morgan fingerprint density at radius 1 is 1.20 bits per heavy atom. The molecule has 0 bridgehead atoms. The number of nitrogens with zero attached hydrogens (tertiary/aromatic N) is 2. The van der Waals surface area contributed by atoms with Crippen molar-refractivity contribution < 1.29 is 14.6 Å². The van der Waals surface area contributed by atoms with Gasteiger partial charge >= 0.3 is 0 Å². The lowest BCUT2D eigenvalue weighted by molar-refractivity contribution is 0.0602. The van der Waals surface area contributed by atoms with Crippen molar-refractivity contribution in [2.45, 2.75) is 25.9 Å². The van der Waals surface area contributed by atoms with Crippen LogP contribution in [0.2, 0.25) is 0 Å². The minimum Gasteiger partial charge on any atom is -0.497 e. The molecular formula is C20H20N2O3. The van der Waals surface area contributed by atoms with E-state index in [-0.39, 0.29) is 5.78 Å². The van der Waals surface area contributed by atoms with Gasteiger partial charge in [-0.3, -0.25) is 4.79 Å². The molecule has 1 N–H and O–H groups in total. The molecule has 2 aromatic carbocycles. The van der Waals surface area contributed by atoms with Gasteiger partial charge in [-0.2, -0.15) is 0 Å². The van der Waals surface area contributed by atoms with Gasteiger partial charge in [0.1, 0.15) is 11.6 Å². The van der Waals surface area contributed by atoms with E-state index in [0.717, 1.165) is 22.6 Å². The minimum atomic E-state index is -1.56. The molecule has 5 nitrogen and oxygen atoms in total. The van der Waals surface area contributed by atoms with Crippen molar-refractivity contribution in [1.29, 1.82) is 0 Å². The highest BCUT2D eigenvalue weighted by Crippen LogP contribution is 2.40. The van der Waals surface area contributed by atoms with Crippen LogP contribution >= 0.6 is 0 Å². The molecule has 1 saturated heterocycles. The van der Waals surface area contributed by atoms with Crippen molar-refractivity contribution in [3.05, 3.63) is 53.1 Å². The summed E-state index contributed by atoms with van der Waals surface area (Å²) in [6.45, 7) is 4.49. The molecule has 0 saturated carbocycles. The summed E-state index contributed by atoms with van der Waals surface area (Å²) in [6, 6.07) is 11.3. The maximum atomic E-state index is 13.0. The van der Waals surface area contributed by atoms with Crippen molar-refractivity contribution in [3.63, 3.8) is 0 Å². The lowest BCUT2D eigenvalue weighted by Crippen LogP contribution is -2.48. The summed E-state index contributed by atoms with van der Waals surface area (Å²) in [7, 11) is 1.61. The fourth-order valence-corrected chi connectivity index (χ4v) is 3.52. The fourth-order valence-electron chi connectivity index (χ4n) is 3.52. The van der Waals surface area contributed by atoms with Gasteiger partial charge in [0.05, 0.1) is 12.8 Å². The normalized spacial score (nSPS) is 21.7. The minimum absolute atomic E-state index is 0.263. The summed E-state index contributed by atoms with van der Waals surface area (Å²) in [4.78, 5) is 19.6. The van der Waals surface area contributed by atoms with Gasteiger partial charge in [0, 0.05) is 30.3 Å². The van der Waals surface area contributed by atoms with Gasteiger partial charge < -0.3 is 14.7 Å². The van der Waals surface area contributed by atoms with E-state index in [1.54, 1.807) is 7.11 Å². The largest absolute Gasteiger partial charge is 0.497 e. The van der Waals surface area contributed by atoms with E-state index < -0.39 is 5.60 Å². The molecule has 2 aliphatic rings. The summed E-state index contributed by atoms with van der Waals surface area (Å²) in [6.07, 6.45) is 0.328. The number of hydrogen-bond acceptors (Lipinski definition) is 5.